The van der Waals surface area contributed by atoms with Crippen LogP contribution in [0.25, 0.3) is 0 Å². The summed E-state index contributed by atoms with van der Waals surface area (Å²) in [6, 6.07) is 5.87. The average molecular weight is 290 g/mol. The second-order valence-electron chi connectivity index (χ2n) is 5.76. The summed E-state index contributed by atoms with van der Waals surface area (Å²) in [6.07, 6.45) is 18.0. The molecule has 21 heavy (non-hydrogen) atoms. The summed E-state index contributed by atoms with van der Waals surface area (Å²) in [6.45, 7) is 4.51. The van der Waals surface area contributed by atoms with E-state index in [1.807, 2.05) is 0 Å². The van der Waals surface area contributed by atoms with Crippen LogP contribution in [0.5, 0.6) is 0 Å². The summed E-state index contributed by atoms with van der Waals surface area (Å²) in [5, 5.41) is 2.89. The van der Waals surface area contributed by atoms with E-state index in [0.717, 1.165) is 12.8 Å². The van der Waals surface area contributed by atoms with E-state index >= 15 is 0 Å². The van der Waals surface area contributed by atoms with Crippen molar-refractivity contribution < 1.29 is 0 Å². The predicted molar refractivity (Wildman–Crippen MR) is 94.7 cm³/mol. The maximum absolute atomic E-state index is 3.14. The van der Waals surface area contributed by atoms with Gasteiger partial charge >= 0.3 is 0 Å². The monoisotopic (exact) mass is 289 g/mol. The second-order valence-corrected chi connectivity index (χ2v) is 5.76. The van der Waals surface area contributed by atoms with Crippen LogP contribution in [0.3, 0.4) is 0 Å². The van der Waals surface area contributed by atoms with Crippen LogP contribution in [-0.4, -0.2) is 0 Å². The number of nitrogens with one attached hydrogen (secondary N) is 1. The molecule has 0 aromatic rings. The van der Waals surface area contributed by atoms with Crippen molar-refractivity contribution >= 4 is 0 Å². The summed E-state index contributed by atoms with van der Waals surface area (Å²) in [4.78, 5) is 0. The van der Waals surface area contributed by atoms with Crippen molar-refractivity contribution in [1.29, 1.82) is 0 Å². The van der Waals surface area contributed by atoms with Crippen molar-refractivity contribution in [2.24, 2.45) is 0 Å². The first-order chi connectivity index (χ1) is 10.4. The Morgan fingerprint density at radius 1 is 0.524 bits per heavy atom. The van der Waals surface area contributed by atoms with Crippen LogP contribution in [0.1, 0.15) is 104 Å². The smallest absolute Gasteiger partial charge is 0.0171 e. The molecule has 0 fully saturated rings. The highest BCUT2D eigenvalue weighted by molar-refractivity contribution is 5.07. The normalized spacial score (nSPS) is 9.43. The van der Waals surface area contributed by atoms with Gasteiger partial charge in [0.1, 0.15) is 0 Å². The van der Waals surface area contributed by atoms with Gasteiger partial charge in [0.25, 0.3) is 0 Å². The highest BCUT2D eigenvalue weighted by atomic mass is 14.8. The van der Waals surface area contributed by atoms with Crippen molar-refractivity contribution in [3.8, 4) is 23.9 Å². The van der Waals surface area contributed by atoms with Crippen LogP contribution in [0, 0.1) is 23.9 Å². The van der Waals surface area contributed by atoms with Crippen LogP contribution < -0.4 is 5.32 Å². The lowest BCUT2D eigenvalue weighted by Gasteiger charge is -1.96. The molecule has 1 N–H and O–H groups in total. The van der Waals surface area contributed by atoms with Crippen LogP contribution in [0.2, 0.25) is 0 Å². The van der Waals surface area contributed by atoms with E-state index in [9.17, 15) is 0 Å². The zero-order chi connectivity index (χ0) is 15.4. The molecule has 0 aliphatic heterocycles. The van der Waals surface area contributed by atoms with E-state index in [0.29, 0.717) is 0 Å². The van der Waals surface area contributed by atoms with Crippen LogP contribution >= 0.6 is 0 Å². The van der Waals surface area contributed by atoms with Gasteiger partial charge in [-0.1, -0.05) is 89.9 Å². The molecule has 0 unspecified atom stereocenters. The average Bonchev–Trinajstić information content (AvgIpc) is 2.50. The van der Waals surface area contributed by atoms with Gasteiger partial charge in [0, 0.05) is 24.9 Å². The zero-order valence-corrected chi connectivity index (χ0v) is 14.4. The molecule has 0 heterocycles. The largest absolute Gasteiger partial charge is 0.274 e. The van der Waals surface area contributed by atoms with Gasteiger partial charge in [0.05, 0.1) is 0 Å². The van der Waals surface area contributed by atoms with Crippen molar-refractivity contribution in [3.05, 3.63) is 0 Å². The van der Waals surface area contributed by atoms with Crippen molar-refractivity contribution in [2.75, 3.05) is 0 Å². The molecule has 0 aromatic carbocycles. The Morgan fingerprint density at radius 2 is 0.905 bits per heavy atom. The molecule has 120 valence electrons. The van der Waals surface area contributed by atoms with Gasteiger partial charge in [-0.2, -0.15) is 0 Å². The SMILES string of the molecule is CCCCCCCCC#CNC#CCCCCCCCC. The van der Waals surface area contributed by atoms with Gasteiger partial charge in [0.2, 0.25) is 0 Å². The molecule has 1 heteroatoms. The molecular weight excluding hydrogens is 254 g/mol. The third kappa shape index (κ3) is 18.9. The lowest BCUT2D eigenvalue weighted by Crippen LogP contribution is -1.93. The van der Waals surface area contributed by atoms with Crippen LogP contribution in [0.4, 0.5) is 0 Å². The molecule has 0 bridgehead atoms. The Hall–Kier alpha value is -1.08. The number of rotatable bonds is 12. The first kappa shape index (κ1) is 19.9. The van der Waals surface area contributed by atoms with E-state index in [-0.39, 0.29) is 0 Å². The maximum Gasteiger partial charge on any atom is 0.0171 e. The van der Waals surface area contributed by atoms with Gasteiger partial charge in [-0.25, -0.2) is 0 Å². The van der Waals surface area contributed by atoms with Crippen molar-refractivity contribution in [2.45, 2.75) is 104 Å². The molecule has 0 amide bonds. The van der Waals surface area contributed by atoms with E-state index < -0.39 is 0 Å². The van der Waals surface area contributed by atoms with Gasteiger partial charge in [0.15, 0.2) is 0 Å². The molecular formula is C20H35N. The topological polar surface area (TPSA) is 12.0 Å². The molecule has 0 spiro atoms. The van der Waals surface area contributed by atoms with E-state index in [1.54, 1.807) is 0 Å². The Kier molecular flexibility index (Phi) is 17.9. The minimum absolute atomic E-state index is 0.998. The Labute approximate surface area is 133 Å². The maximum atomic E-state index is 3.14. The highest BCUT2D eigenvalue weighted by Gasteiger charge is 1.88. The van der Waals surface area contributed by atoms with E-state index in [4.69, 9.17) is 0 Å². The standard InChI is InChI=1S/C20H35N/c1-3-5-7-9-11-13-15-17-19-21-20-18-16-14-12-10-8-6-4-2/h21H,3-16H2,1-2H3. The van der Waals surface area contributed by atoms with Gasteiger partial charge < -0.3 is 0 Å². The molecule has 1 nitrogen and oxygen atoms in total. The number of hydrogen-bond acceptors (Lipinski definition) is 1. The molecule has 0 aromatic heterocycles. The van der Waals surface area contributed by atoms with E-state index in [1.165, 1.54) is 77.0 Å². The Morgan fingerprint density at radius 3 is 1.33 bits per heavy atom. The van der Waals surface area contributed by atoms with Crippen molar-refractivity contribution in [3.63, 3.8) is 0 Å². The lowest BCUT2D eigenvalue weighted by molar-refractivity contribution is 0.613. The summed E-state index contributed by atoms with van der Waals surface area (Å²) in [5.74, 6) is 6.28. The van der Waals surface area contributed by atoms with Crippen LogP contribution in [0.15, 0.2) is 0 Å². The zero-order valence-electron chi connectivity index (χ0n) is 14.4. The first-order valence-electron chi connectivity index (χ1n) is 9.12. The quantitative estimate of drug-likeness (QED) is 0.264. The minimum Gasteiger partial charge on any atom is -0.274 e. The molecule has 0 radical (unpaired) electrons. The molecule has 0 aliphatic rings. The van der Waals surface area contributed by atoms with Crippen LogP contribution in [-0.2, 0) is 0 Å². The number of unbranched alkanes of at least 4 members (excludes halogenated alkanes) is 12. The number of hydrogen-bond donors (Lipinski definition) is 1. The summed E-state index contributed by atoms with van der Waals surface area (Å²) >= 11 is 0. The summed E-state index contributed by atoms with van der Waals surface area (Å²) < 4.78 is 0. The summed E-state index contributed by atoms with van der Waals surface area (Å²) in [7, 11) is 0. The minimum atomic E-state index is 0.998. The fraction of sp³-hybridized carbons (Fsp3) is 0.800. The third-order valence-electron chi connectivity index (χ3n) is 3.61. The van der Waals surface area contributed by atoms with Gasteiger partial charge in [-0.3, -0.25) is 5.32 Å². The fourth-order valence-corrected chi connectivity index (χ4v) is 2.23. The Bertz CT molecular complexity index is 278. The molecule has 0 saturated heterocycles. The van der Waals surface area contributed by atoms with E-state index in [2.05, 4.69) is 43.1 Å². The first-order valence-corrected chi connectivity index (χ1v) is 9.12. The highest BCUT2D eigenvalue weighted by Crippen LogP contribution is 2.06. The molecule has 0 atom stereocenters. The van der Waals surface area contributed by atoms with Gasteiger partial charge in [-0.05, 0) is 12.8 Å². The predicted octanol–water partition coefficient (Wildman–Crippen LogP) is 6.00. The Balaban J connectivity index is 3.23. The van der Waals surface area contributed by atoms with Gasteiger partial charge in [-0.15, -0.1) is 0 Å². The van der Waals surface area contributed by atoms with Crippen molar-refractivity contribution in [1.82, 2.24) is 5.32 Å². The molecule has 0 rings (SSSR count). The summed E-state index contributed by atoms with van der Waals surface area (Å²) in [5.41, 5.74) is 0. The molecule has 0 aliphatic carbocycles. The molecule has 0 saturated carbocycles. The fourth-order valence-electron chi connectivity index (χ4n) is 2.23. The second kappa shape index (κ2) is 18.9. The lowest BCUT2D eigenvalue weighted by atomic mass is 10.1. The third-order valence-corrected chi connectivity index (χ3v) is 3.61.